The molecule has 0 saturated carbocycles. The molecule has 8 heteroatoms. The lowest BCUT2D eigenvalue weighted by molar-refractivity contribution is -0.121. The predicted molar refractivity (Wildman–Crippen MR) is 105 cm³/mol. The number of aryl methyl sites for hydroxylation is 1. The molecule has 1 fully saturated rings. The van der Waals surface area contributed by atoms with E-state index in [2.05, 4.69) is 20.2 Å². The molecule has 140 valence electrons. The largest absolute Gasteiger partial charge is 0.310 e. The molecular formula is C19H21N5O2S. The Morgan fingerprint density at radius 2 is 2.19 bits per heavy atom. The average Bonchev–Trinajstić information content (AvgIpc) is 3.13. The van der Waals surface area contributed by atoms with Gasteiger partial charge in [-0.25, -0.2) is 9.97 Å². The highest BCUT2D eigenvalue weighted by molar-refractivity contribution is 7.15. The van der Waals surface area contributed by atoms with Crippen LogP contribution in [-0.2, 0) is 11.3 Å². The maximum absolute atomic E-state index is 12.5. The van der Waals surface area contributed by atoms with Crippen LogP contribution in [0, 0.1) is 12.8 Å². The molecule has 1 N–H and O–H groups in total. The summed E-state index contributed by atoms with van der Waals surface area (Å²) in [4.78, 5) is 36.4. The van der Waals surface area contributed by atoms with E-state index in [1.165, 1.54) is 11.3 Å². The van der Waals surface area contributed by atoms with Crippen LogP contribution >= 0.6 is 11.3 Å². The summed E-state index contributed by atoms with van der Waals surface area (Å²) >= 11 is 1.46. The minimum Gasteiger partial charge on any atom is -0.310 e. The Morgan fingerprint density at radius 3 is 2.96 bits per heavy atom. The number of nitrogens with one attached hydrogen (secondary N) is 1. The number of likely N-dealkylation sites (tertiary alicyclic amines) is 1. The lowest BCUT2D eigenvalue weighted by Crippen LogP contribution is -2.38. The Labute approximate surface area is 160 Å². The fraction of sp³-hybridized carbons (Fsp3) is 0.368. The molecule has 0 bridgehead atoms. The van der Waals surface area contributed by atoms with Gasteiger partial charge >= 0.3 is 0 Å². The number of hydrogen-bond acceptors (Lipinski definition) is 6. The summed E-state index contributed by atoms with van der Waals surface area (Å²) in [6.07, 6.45) is 5.01. The maximum atomic E-state index is 12.5. The molecule has 3 aromatic heterocycles. The number of amides is 1. The van der Waals surface area contributed by atoms with Crippen LogP contribution < -0.4 is 10.9 Å². The van der Waals surface area contributed by atoms with Crippen LogP contribution in [0.2, 0.25) is 0 Å². The molecule has 0 spiro atoms. The molecule has 0 unspecified atom stereocenters. The lowest BCUT2D eigenvalue weighted by atomic mass is 9.95. The number of nitrogens with zero attached hydrogens (tertiary/aromatic N) is 4. The van der Waals surface area contributed by atoms with Crippen molar-refractivity contribution in [1.82, 2.24) is 19.3 Å². The second kappa shape index (κ2) is 7.58. The molecule has 1 amide bonds. The number of fused-ring (bicyclic) bond motifs is 1. The summed E-state index contributed by atoms with van der Waals surface area (Å²) in [6.45, 7) is 4.19. The van der Waals surface area contributed by atoms with Crippen molar-refractivity contribution in [1.29, 1.82) is 0 Å². The van der Waals surface area contributed by atoms with E-state index in [9.17, 15) is 9.59 Å². The summed E-state index contributed by atoms with van der Waals surface area (Å²) in [5, 5.41) is 4.81. The molecule has 7 nitrogen and oxygen atoms in total. The zero-order valence-corrected chi connectivity index (χ0v) is 15.9. The average molecular weight is 383 g/mol. The molecule has 1 aliphatic heterocycles. The molecule has 4 rings (SSSR count). The number of hydrogen-bond donors (Lipinski definition) is 1. The summed E-state index contributed by atoms with van der Waals surface area (Å²) < 4.78 is 1.56. The van der Waals surface area contributed by atoms with Gasteiger partial charge < -0.3 is 5.32 Å². The van der Waals surface area contributed by atoms with Gasteiger partial charge in [0.2, 0.25) is 5.91 Å². The highest BCUT2D eigenvalue weighted by Gasteiger charge is 2.25. The third-order valence-electron chi connectivity index (χ3n) is 4.95. The Kier molecular flexibility index (Phi) is 5.00. The zero-order valence-electron chi connectivity index (χ0n) is 15.1. The van der Waals surface area contributed by atoms with E-state index in [0.717, 1.165) is 42.1 Å². The number of aromatic nitrogens is 3. The van der Waals surface area contributed by atoms with Crippen molar-refractivity contribution in [3.8, 4) is 0 Å². The van der Waals surface area contributed by atoms with Gasteiger partial charge in [0, 0.05) is 36.3 Å². The van der Waals surface area contributed by atoms with Crippen LogP contribution in [0.1, 0.15) is 24.1 Å². The van der Waals surface area contributed by atoms with E-state index in [1.54, 1.807) is 22.9 Å². The third-order valence-corrected chi connectivity index (χ3v) is 5.71. The molecule has 0 atom stereocenters. The molecule has 1 aliphatic rings. The van der Waals surface area contributed by atoms with Gasteiger partial charge in [0.05, 0.1) is 5.69 Å². The molecule has 0 aliphatic carbocycles. The van der Waals surface area contributed by atoms with Gasteiger partial charge in [0.25, 0.3) is 5.56 Å². The predicted octanol–water partition coefficient (Wildman–Crippen LogP) is 2.31. The minimum atomic E-state index is -0.0451. The van der Waals surface area contributed by atoms with Crippen molar-refractivity contribution in [3.05, 3.63) is 57.6 Å². The van der Waals surface area contributed by atoms with Crippen molar-refractivity contribution in [2.45, 2.75) is 26.3 Å². The number of thiazole rings is 1. The van der Waals surface area contributed by atoms with Gasteiger partial charge in [0.1, 0.15) is 5.82 Å². The van der Waals surface area contributed by atoms with Gasteiger partial charge in [-0.05, 0) is 44.5 Å². The van der Waals surface area contributed by atoms with Crippen molar-refractivity contribution in [2.75, 3.05) is 18.4 Å². The lowest BCUT2D eigenvalue weighted by Gasteiger charge is -2.30. The summed E-state index contributed by atoms with van der Waals surface area (Å²) in [5.74, 6) is 0.660. The minimum absolute atomic E-state index is 0.0129. The van der Waals surface area contributed by atoms with E-state index in [0.29, 0.717) is 12.4 Å². The van der Waals surface area contributed by atoms with Crippen molar-refractivity contribution >= 4 is 28.0 Å². The van der Waals surface area contributed by atoms with Gasteiger partial charge in [-0.1, -0.05) is 6.07 Å². The standard InChI is InChI=1S/C19H21N5O2S/c1-13-3-2-6-20-17(13)22-18(26)14-4-7-23(8-5-14)12-15-11-16(25)24-9-10-27-19(24)21-15/h2-3,6,9-11,14H,4-5,7-8,12H2,1H3,(H,20,22,26). The summed E-state index contributed by atoms with van der Waals surface area (Å²) in [6, 6.07) is 5.39. The SMILES string of the molecule is Cc1cccnc1NC(=O)C1CCN(Cc2cc(=O)n3ccsc3n2)CC1. The molecule has 0 aromatic carbocycles. The van der Waals surface area contributed by atoms with E-state index in [-0.39, 0.29) is 17.4 Å². The number of pyridine rings is 1. The summed E-state index contributed by atoms with van der Waals surface area (Å²) in [5.41, 5.74) is 1.70. The topological polar surface area (TPSA) is 79.6 Å². The zero-order chi connectivity index (χ0) is 18.8. The number of carbonyl (C=O) groups excluding carboxylic acids is 1. The summed E-state index contributed by atoms with van der Waals surface area (Å²) in [7, 11) is 0. The second-order valence-corrected chi connectivity index (χ2v) is 7.72. The highest BCUT2D eigenvalue weighted by Crippen LogP contribution is 2.21. The second-order valence-electron chi connectivity index (χ2n) is 6.85. The Morgan fingerprint density at radius 1 is 1.37 bits per heavy atom. The smallest absolute Gasteiger partial charge is 0.258 e. The third kappa shape index (κ3) is 3.91. The van der Waals surface area contributed by atoms with Crippen molar-refractivity contribution < 1.29 is 4.79 Å². The van der Waals surface area contributed by atoms with Gasteiger partial charge in [-0.3, -0.25) is 18.9 Å². The highest BCUT2D eigenvalue weighted by atomic mass is 32.1. The number of anilines is 1. The van der Waals surface area contributed by atoms with Crippen LogP contribution in [0.5, 0.6) is 0 Å². The van der Waals surface area contributed by atoms with E-state index >= 15 is 0 Å². The Bertz CT molecular complexity index is 1020. The van der Waals surface area contributed by atoms with Crippen LogP contribution in [0.4, 0.5) is 5.82 Å². The van der Waals surface area contributed by atoms with Crippen LogP contribution in [0.15, 0.2) is 40.8 Å². The van der Waals surface area contributed by atoms with Crippen LogP contribution in [0.25, 0.3) is 4.96 Å². The maximum Gasteiger partial charge on any atom is 0.258 e. The first-order valence-electron chi connectivity index (χ1n) is 9.01. The van der Waals surface area contributed by atoms with Gasteiger partial charge in [-0.2, -0.15) is 0 Å². The first-order chi connectivity index (χ1) is 13.1. The van der Waals surface area contributed by atoms with Gasteiger partial charge in [0.15, 0.2) is 4.96 Å². The van der Waals surface area contributed by atoms with Crippen LogP contribution in [-0.4, -0.2) is 38.3 Å². The molecule has 3 aromatic rings. The molecule has 0 radical (unpaired) electrons. The monoisotopic (exact) mass is 383 g/mol. The Balaban J connectivity index is 1.35. The fourth-order valence-electron chi connectivity index (χ4n) is 3.39. The first kappa shape index (κ1) is 17.8. The van der Waals surface area contributed by atoms with E-state index in [1.807, 2.05) is 24.4 Å². The quantitative estimate of drug-likeness (QED) is 0.748. The van der Waals surface area contributed by atoms with Crippen LogP contribution in [0.3, 0.4) is 0 Å². The fourth-order valence-corrected chi connectivity index (χ4v) is 4.13. The number of rotatable bonds is 4. The normalized spacial score (nSPS) is 15.9. The molecular weight excluding hydrogens is 362 g/mol. The molecule has 27 heavy (non-hydrogen) atoms. The van der Waals surface area contributed by atoms with Crippen molar-refractivity contribution in [3.63, 3.8) is 0 Å². The van der Waals surface area contributed by atoms with E-state index in [4.69, 9.17) is 0 Å². The molecule has 4 heterocycles. The van der Waals surface area contributed by atoms with Crippen molar-refractivity contribution in [2.24, 2.45) is 5.92 Å². The number of piperidine rings is 1. The van der Waals surface area contributed by atoms with E-state index < -0.39 is 0 Å². The van der Waals surface area contributed by atoms with Gasteiger partial charge in [-0.15, -0.1) is 11.3 Å². The number of carbonyl (C=O) groups is 1. The first-order valence-corrected chi connectivity index (χ1v) is 9.89. The Hall–Kier alpha value is -2.58. The molecule has 1 saturated heterocycles.